The van der Waals surface area contributed by atoms with Gasteiger partial charge < -0.3 is 10.4 Å². The topological polar surface area (TPSA) is 50.1 Å². The number of aliphatic hydroxyl groups is 1. The van der Waals surface area contributed by atoms with Gasteiger partial charge in [-0.15, -0.1) is 0 Å². The zero-order valence-electron chi connectivity index (χ0n) is 10.8. The Hall–Kier alpha value is -0.580. The van der Waals surface area contributed by atoms with Crippen LogP contribution in [0.15, 0.2) is 6.20 Å². The first-order valence-electron chi connectivity index (χ1n) is 6.00. The maximum absolute atomic E-state index is 9.24. The fraction of sp³-hybridized carbons (Fsp3) is 0.750. The Kier molecular flexibility index (Phi) is 5.43. The Morgan fingerprint density at radius 2 is 2.24 bits per heavy atom. The third-order valence-corrected chi connectivity index (χ3v) is 3.58. The van der Waals surface area contributed by atoms with E-state index in [0.717, 1.165) is 36.5 Å². The number of rotatable bonds is 7. The molecule has 0 aromatic carbocycles. The fourth-order valence-corrected chi connectivity index (χ4v) is 1.83. The first kappa shape index (κ1) is 14.5. The number of halogens is 1. The van der Waals surface area contributed by atoms with Crippen LogP contribution >= 0.6 is 11.6 Å². The van der Waals surface area contributed by atoms with Gasteiger partial charge in [-0.25, -0.2) is 0 Å². The van der Waals surface area contributed by atoms with Gasteiger partial charge in [-0.05, 0) is 40.2 Å². The van der Waals surface area contributed by atoms with Crippen LogP contribution in [0.1, 0.15) is 31.9 Å². The minimum atomic E-state index is -0.169. The van der Waals surface area contributed by atoms with Crippen molar-refractivity contribution in [2.24, 2.45) is 0 Å². The van der Waals surface area contributed by atoms with E-state index < -0.39 is 0 Å². The molecule has 0 fully saturated rings. The average Bonchev–Trinajstić information content (AvgIpc) is 2.64. The minimum absolute atomic E-state index is 0.163. The summed E-state index contributed by atoms with van der Waals surface area (Å²) in [4.78, 5) is 0. The zero-order valence-corrected chi connectivity index (χ0v) is 11.6. The van der Waals surface area contributed by atoms with Crippen molar-refractivity contribution in [1.82, 2.24) is 15.1 Å². The largest absolute Gasteiger partial charge is 0.394 e. The molecule has 1 aromatic rings. The number of nitrogens with zero attached hydrogens (tertiary/aromatic N) is 2. The van der Waals surface area contributed by atoms with Crippen molar-refractivity contribution in [3.63, 3.8) is 0 Å². The van der Waals surface area contributed by atoms with Gasteiger partial charge >= 0.3 is 0 Å². The van der Waals surface area contributed by atoms with Crippen LogP contribution in [0.25, 0.3) is 0 Å². The van der Waals surface area contributed by atoms with Gasteiger partial charge in [0.25, 0.3) is 0 Å². The van der Waals surface area contributed by atoms with E-state index in [4.69, 9.17) is 11.6 Å². The third kappa shape index (κ3) is 4.30. The summed E-state index contributed by atoms with van der Waals surface area (Å²) in [5.74, 6) is 0. The molecule has 0 bridgehead atoms. The average molecular weight is 260 g/mol. The summed E-state index contributed by atoms with van der Waals surface area (Å²) in [6, 6.07) is 0. The number of aromatic nitrogens is 2. The van der Waals surface area contributed by atoms with Gasteiger partial charge in [0.2, 0.25) is 0 Å². The van der Waals surface area contributed by atoms with Crippen LogP contribution in [0, 0.1) is 6.92 Å². The Balaban J connectivity index is 2.29. The van der Waals surface area contributed by atoms with Crippen molar-refractivity contribution >= 4 is 11.6 Å². The van der Waals surface area contributed by atoms with Crippen LogP contribution in [0.2, 0.25) is 5.02 Å². The molecule has 1 aromatic heterocycles. The van der Waals surface area contributed by atoms with Gasteiger partial charge in [-0.1, -0.05) is 11.6 Å². The number of aryl methyl sites for hydroxylation is 2. The van der Waals surface area contributed by atoms with E-state index in [1.807, 2.05) is 31.8 Å². The molecular formula is C12H22ClN3O. The molecule has 0 aliphatic rings. The molecule has 1 rings (SSSR count). The second-order valence-corrected chi connectivity index (χ2v) is 5.16. The minimum Gasteiger partial charge on any atom is -0.394 e. The number of hydrogen-bond donors (Lipinski definition) is 2. The molecule has 1 heterocycles. The molecule has 5 heteroatoms. The SMILES string of the molecule is CNC(C)(CO)CCCCn1cc(Cl)c(C)n1. The second-order valence-electron chi connectivity index (χ2n) is 4.75. The molecule has 0 aliphatic carbocycles. The van der Waals surface area contributed by atoms with Gasteiger partial charge in [0, 0.05) is 18.3 Å². The lowest BCUT2D eigenvalue weighted by Crippen LogP contribution is -2.43. The van der Waals surface area contributed by atoms with Crippen molar-refractivity contribution < 1.29 is 5.11 Å². The number of aliphatic hydroxyl groups excluding tert-OH is 1. The fourth-order valence-electron chi connectivity index (χ4n) is 1.68. The molecule has 0 radical (unpaired) electrons. The highest BCUT2D eigenvalue weighted by Crippen LogP contribution is 2.15. The smallest absolute Gasteiger partial charge is 0.0814 e. The summed E-state index contributed by atoms with van der Waals surface area (Å²) in [5, 5.41) is 17.4. The van der Waals surface area contributed by atoms with Gasteiger partial charge in [0.15, 0.2) is 0 Å². The van der Waals surface area contributed by atoms with Gasteiger partial charge in [0.05, 0.1) is 17.3 Å². The Labute approximate surface area is 108 Å². The van der Waals surface area contributed by atoms with Gasteiger partial charge in [0.1, 0.15) is 0 Å². The Morgan fingerprint density at radius 3 is 2.71 bits per heavy atom. The monoisotopic (exact) mass is 259 g/mol. The molecule has 1 unspecified atom stereocenters. The second kappa shape index (κ2) is 6.38. The van der Waals surface area contributed by atoms with Gasteiger partial charge in [-0.3, -0.25) is 4.68 Å². The molecule has 0 aliphatic heterocycles. The molecule has 17 heavy (non-hydrogen) atoms. The van der Waals surface area contributed by atoms with Crippen molar-refractivity contribution in [2.75, 3.05) is 13.7 Å². The summed E-state index contributed by atoms with van der Waals surface area (Å²) < 4.78 is 1.88. The normalized spacial score (nSPS) is 14.9. The lowest BCUT2D eigenvalue weighted by molar-refractivity contribution is 0.170. The molecular weight excluding hydrogens is 238 g/mol. The zero-order chi connectivity index (χ0) is 12.9. The molecule has 0 spiro atoms. The molecule has 0 amide bonds. The quantitative estimate of drug-likeness (QED) is 0.737. The highest BCUT2D eigenvalue weighted by Gasteiger charge is 2.19. The maximum atomic E-state index is 9.24. The van der Waals surface area contributed by atoms with E-state index in [1.54, 1.807) is 0 Å². The molecule has 1 atom stereocenters. The summed E-state index contributed by atoms with van der Waals surface area (Å²) in [6.45, 7) is 4.97. The van der Waals surface area contributed by atoms with E-state index in [1.165, 1.54) is 0 Å². The number of hydrogen-bond acceptors (Lipinski definition) is 3. The molecule has 4 nitrogen and oxygen atoms in total. The number of unbranched alkanes of at least 4 members (excludes halogenated alkanes) is 1. The summed E-state index contributed by atoms with van der Waals surface area (Å²) in [5.41, 5.74) is 0.708. The van der Waals surface area contributed by atoms with Crippen molar-refractivity contribution in [3.05, 3.63) is 16.9 Å². The van der Waals surface area contributed by atoms with Crippen LogP contribution in [-0.4, -0.2) is 34.1 Å². The lowest BCUT2D eigenvalue weighted by atomic mass is 9.96. The van der Waals surface area contributed by atoms with E-state index in [9.17, 15) is 5.11 Å². The Bertz CT molecular complexity index is 328. The van der Waals surface area contributed by atoms with E-state index >= 15 is 0 Å². The van der Waals surface area contributed by atoms with Crippen molar-refractivity contribution in [3.8, 4) is 0 Å². The predicted molar refractivity (Wildman–Crippen MR) is 70.4 cm³/mol. The lowest BCUT2D eigenvalue weighted by Gasteiger charge is -2.26. The van der Waals surface area contributed by atoms with Crippen LogP contribution in [0.3, 0.4) is 0 Å². The molecule has 0 saturated carbocycles. The first-order chi connectivity index (χ1) is 8.00. The highest BCUT2D eigenvalue weighted by molar-refractivity contribution is 6.31. The summed E-state index contributed by atoms with van der Waals surface area (Å²) >= 11 is 5.93. The molecule has 98 valence electrons. The third-order valence-electron chi connectivity index (χ3n) is 3.20. The summed E-state index contributed by atoms with van der Waals surface area (Å²) in [6.07, 6.45) is 4.90. The predicted octanol–water partition coefficient (Wildman–Crippen LogP) is 1.99. The molecule has 0 saturated heterocycles. The van der Waals surface area contributed by atoms with Crippen LogP contribution in [0.4, 0.5) is 0 Å². The maximum Gasteiger partial charge on any atom is 0.0814 e. The van der Waals surface area contributed by atoms with Gasteiger partial charge in [-0.2, -0.15) is 5.10 Å². The standard InChI is InChI=1S/C12H22ClN3O/c1-10-11(13)8-16(15-10)7-5-4-6-12(2,9-17)14-3/h8,14,17H,4-7,9H2,1-3H3. The number of nitrogens with one attached hydrogen (secondary N) is 1. The number of likely N-dealkylation sites (N-methyl/N-ethyl adjacent to an activating group) is 1. The van der Waals surface area contributed by atoms with E-state index in [2.05, 4.69) is 10.4 Å². The highest BCUT2D eigenvalue weighted by atomic mass is 35.5. The molecule has 2 N–H and O–H groups in total. The van der Waals surface area contributed by atoms with Crippen LogP contribution in [0.5, 0.6) is 0 Å². The van der Waals surface area contributed by atoms with Crippen LogP contribution in [-0.2, 0) is 6.54 Å². The Morgan fingerprint density at radius 1 is 1.53 bits per heavy atom. The first-order valence-corrected chi connectivity index (χ1v) is 6.38. The van der Waals surface area contributed by atoms with Crippen molar-refractivity contribution in [2.45, 2.75) is 45.2 Å². The van der Waals surface area contributed by atoms with Crippen molar-refractivity contribution in [1.29, 1.82) is 0 Å². The van der Waals surface area contributed by atoms with E-state index in [-0.39, 0.29) is 12.1 Å². The van der Waals surface area contributed by atoms with Crippen LogP contribution < -0.4 is 5.32 Å². The summed E-state index contributed by atoms with van der Waals surface area (Å²) in [7, 11) is 1.88. The van der Waals surface area contributed by atoms with E-state index in [0.29, 0.717) is 0 Å².